The van der Waals surface area contributed by atoms with Crippen molar-refractivity contribution >= 4 is 37.2 Å². The molecule has 0 spiro atoms. The van der Waals surface area contributed by atoms with Crippen molar-refractivity contribution in [3.8, 4) is 0 Å². The van der Waals surface area contributed by atoms with Gasteiger partial charge in [-0.05, 0) is 13.1 Å². The minimum absolute atomic E-state index is 0.450. The van der Waals surface area contributed by atoms with Crippen LogP contribution in [0, 0.1) is 5.92 Å². The molecular formula is C11H21NO4S2. The highest BCUT2D eigenvalue weighted by atomic mass is 32.1. The van der Waals surface area contributed by atoms with E-state index in [1.165, 1.54) is 14.2 Å². The molecule has 0 aliphatic rings. The van der Waals surface area contributed by atoms with E-state index in [0.29, 0.717) is 13.1 Å². The van der Waals surface area contributed by atoms with E-state index in [1.807, 2.05) is 18.7 Å². The Hall–Kier alpha value is -0.400. The Labute approximate surface area is 119 Å². The van der Waals surface area contributed by atoms with Crippen molar-refractivity contribution in [1.82, 2.24) is 4.90 Å². The SMILES string of the molecule is CCN(CC)C(S)C(C(=O)OC)C(S)C(=O)OC. The lowest BCUT2D eigenvalue weighted by Crippen LogP contribution is -2.46. The molecule has 3 atom stereocenters. The highest BCUT2D eigenvalue weighted by Gasteiger charge is 2.39. The van der Waals surface area contributed by atoms with Crippen LogP contribution in [0.5, 0.6) is 0 Å². The van der Waals surface area contributed by atoms with Crippen molar-refractivity contribution in [3.05, 3.63) is 0 Å². The van der Waals surface area contributed by atoms with E-state index in [-0.39, 0.29) is 0 Å². The van der Waals surface area contributed by atoms with Crippen LogP contribution in [-0.2, 0) is 19.1 Å². The van der Waals surface area contributed by atoms with Gasteiger partial charge in [-0.2, -0.15) is 25.3 Å². The minimum atomic E-state index is -0.898. The summed E-state index contributed by atoms with van der Waals surface area (Å²) in [7, 11) is 2.53. The maximum Gasteiger partial charge on any atom is 0.319 e. The number of methoxy groups -OCH3 is 2. The fourth-order valence-electron chi connectivity index (χ4n) is 1.64. The number of esters is 2. The second kappa shape index (κ2) is 8.66. The van der Waals surface area contributed by atoms with E-state index >= 15 is 0 Å². The largest absolute Gasteiger partial charge is 0.469 e. The number of thiol groups is 2. The molecule has 0 amide bonds. The first-order chi connectivity index (χ1) is 8.44. The predicted molar refractivity (Wildman–Crippen MR) is 76.0 cm³/mol. The summed E-state index contributed by atoms with van der Waals surface area (Å²) in [6.45, 7) is 5.32. The molecule has 0 radical (unpaired) electrons. The molecule has 0 fully saturated rings. The monoisotopic (exact) mass is 295 g/mol. The molecule has 0 bridgehead atoms. The number of carbonyl (C=O) groups excluding carboxylic acids is 2. The molecular weight excluding hydrogens is 274 g/mol. The maximum atomic E-state index is 11.8. The standard InChI is InChI=1S/C11H21NO4S2/c1-5-12(6-2)9(18)7(10(13)15-3)8(17)11(14)16-4/h7-9,17-18H,5-6H2,1-4H3. The molecule has 0 aliphatic heterocycles. The second-order valence-corrected chi connectivity index (χ2v) is 4.74. The second-order valence-electron chi connectivity index (χ2n) is 3.65. The summed E-state index contributed by atoms with van der Waals surface area (Å²) >= 11 is 8.57. The molecule has 0 aromatic carbocycles. The molecule has 0 aliphatic carbocycles. The summed E-state index contributed by atoms with van der Waals surface area (Å²) < 4.78 is 9.33. The zero-order valence-corrected chi connectivity index (χ0v) is 12.9. The third-order valence-corrected chi connectivity index (χ3v) is 3.94. The number of hydrogen-bond acceptors (Lipinski definition) is 7. The van der Waals surface area contributed by atoms with E-state index in [2.05, 4.69) is 30.0 Å². The van der Waals surface area contributed by atoms with Crippen LogP contribution < -0.4 is 0 Å². The summed E-state index contributed by atoms with van der Waals surface area (Å²) in [6, 6.07) is 0. The lowest BCUT2D eigenvalue weighted by atomic mass is 10.0. The van der Waals surface area contributed by atoms with Gasteiger partial charge in [0.1, 0.15) is 11.2 Å². The van der Waals surface area contributed by atoms with E-state index in [0.717, 1.165) is 0 Å². The normalized spacial score (nSPS) is 15.9. The van der Waals surface area contributed by atoms with Crippen molar-refractivity contribution in [1.29, 1.82) is 0 Å². The molecule has 5 nitrogen and oxygen atoms in total. The number of hydrogen-bond donors (Lipinski definition) is 2. The maximum absolute atomic E-state index is 11.8. The van der Waals surface area contributed by atoms with Gasteiger partial charge in [0.05, 0.1) is 19.6 Å². The van der Waals surface area contributed by atoms with Gasteiger partial charge in [0.2, 0.25) is 0 Å². The first-order valence-electron chi connectivity index (χ1n) is 5.70. The Morgan fingerprint density at radius 2 is 1.50 bits per heavy atom. The molecule has 0 N–H and O–H groups in total. The molecule has 0 saturated carbocycles. The smallest absolute Gasteiger partial charge is 0.319 e. The lowest BCUT2D eigenvalue weighted by molar-refractivity contribution is -0.152. The Morgan fingerprint density at radius 1 is 1.06 bits per heavy atom. The number of ether oxygens (including phenoxy) is 2. The first-order valence-corrected chi connectivity index (χ1v) is 6.73. The first kappa shape index (κ1) is 17.6. The van der Waals surface area contributed by atoms with Crippen LogP contribution in [-0.4, -0.2) is 54.8 Å². The van der Waals surface area contributed by atoms with Crippen LogP contribution in [0.2, 0.25) is 0 Å². The summed E-state index contributed by atoms with van der Waals surface area (Å²) in [4.78, 5) is 25.3. The molecule has 0 aromatic heterocycles. The third-order valence-electron chi connectivity index (χ3n) is 2.76. The quantitative estimate of drug-likeness (QED) is 0.414. The van der Waals surface area contributed by atoms with E-state index in [4.69, 9.17) is 4.74 Å². The highest BCUT2D eigenvalue weighted by Crippen LogP contribution is 2.24. The predicted octanol–water partition coefficient (Wildman–Crippen LogP) is 0.845. The zero-order valence-electron chi connectivity index (χ0n) is 11.1. The number of rotatable bonds is 7. The molecule has 7 heteroatoms. The van der Waals surface area contributed by atoms with Crippen molar-refractivity contribution in [2.24, 2.45) is 5.92 Å². The highest BCUT2D eigenvalue weighted by molar-refractivity contribution is 7.82. The topological polar surface area (TPSA) is 55.8 Å². The van der Waals surface area contributed by atoms with Crippen LogP contribution in [0.1, 0.15) is 13.8 Å². The van der Waals surface area contributed by atoms with Gasteiger partial charge in [-0.15, -0.1) is 0 Å². The summed E-state index contributed by atoms with van der Waals surface area (Å²) in [5.41, 5.74) is 0. The summed E-state index contributed by atoms with van der Waals surface area (Å²) in [5.74, 6) is -1.87. The number of nitrogens with zero attached hydrogens (tertiary/aromatic N) is 1. The Balaban J connectivity index is 5.10. The molecule has 3 unspecified atom stereocenters. The average Bonchev–Trinajstić information content (AvgIpc) is 2.38. The number of carbonyl (C=O) groups is 2. The van der Waals surface area contributed by atoms with Gasteiger partial charge in [0, 0.05) is 0 Å². The van der Waals surface area contributed by atoms with Gasteiger partial charge in [-0.3, -0.25) is 14.5 Å². The lowest BCUT2D eigenvalue weighted by Gasteiger charge is -2.32. The van der Waals surface area contributed by atoms with Crippen molar-refractivity contribution in [2.75, 3.05) is 27.3 Å². The third kappa shape index (κ3) is 4.37. The van der Waals surface area contributed by atoms with Crippen LogP contribution in [0.4, 0.5) is 0 Å². The van der Waals surface area contributed by atoms with Gasteiger partial charge >= 0.3 is 11.9 Å². The average molecular weight is 295 g/mol. The van der Waals surface area contributed by atoms with E-state index in [1.54, 1.807) is 0 Å². The van der Waals surface area contributed by atoms with Crippen LogP contribution in [0.25, 0.3) is 0 Å². The minimum Gasteiger partial charge on any atom is -0.469 e. The van der Waals surface area contributed by atoms with Crippen LogP contribution in [0.3, 0.4) is 0 Å². The van der Waals surface area contributed by atoms with Gasteiger partial charge in [0.15, 0.2) is 0 Å². The van der Waals surface area contributed by atoms with Crippen LogP contribution >= 0.6 is 25.3 Å². The van der Waals surface area contributed by atoms with Gasteiger partial charge in [0.25, 0.3) is 0 Å². The van der Waals surface area contributed by atoms with Crippen LogP contribution in [0.15, 0.2) is 0 Å². The molecule has 0 rings (SSSR count). The molecule has 0 saturated heterocycles. The molecule has 0 aromatic rings. The van der Waals surface area contributed by atoms with E-state index < -0.39 is 28.5 Å². The molecule has 106 valence electrons. The van der Waals surface area contributed by atoms with Gasteiger partial charge in [-0.25, -0.2) is 0 Å². The zero-order chi connectivity index (χ0) is 14.3. The summed E-state index contributed by atoms with van der Waals surface area (Å²) in [5, 5.41) is -1.35. The van der Waals surface area contributed by atoms with Crippen molar-refractivity contribution in [2.45, 2.75) is 24.5 Å². The van der Waals surface area contributed by atoms with Gasteiger partial charge in [-0.1, -0.05) is 13.8 Å². The van der Waals surface area contributed by atoms with Gasteiger partial charge < -0.3 is 9.47 Å². The fourth-order valence-corrected chi connectivity index (χ4v) is 2.79. The Morgan fingerprint density at radius 3 is 1.83 bits per heavy atom. The Bertz CT molecular complexity index is 284. The molecule has 0 heterocycles. The summed E-state index contributed by atoms with van der Waals surface area (Å²) in [6.07, 6.45) is 0. The molecule has 18 heavy (non-hydrogen) atoms. The van der Waals surface area contributed by atoms with E-state index in [9.17, 15) is 9.59 Å². The Kier molecular flexibility index (Phi) is 8.47. The fraction of sp³-hybridized carbons (Fsp3) is 0.818. The van der Waals surface area contributed by atoms with Crippen molar-refractivity contribution in [3.63, 3.8) is 0 Å². The van der Waals surface area contributed by atoms with Crippen molar-refractivity contribution < 1.29 is 19.1 Å².